The van der Waals surface area contributed by atoms with Crippen molar-refractivity contribution >= 4 is 0 Å². The molecule has 1 aliphatic rings. The average Bonchev–Trinajstić information content (AvgIpc) is 1.74. The van der Waals surface area contributed by atoms with E-state index in [9.17, 15) is 26.3 Å². The van der Waals surface area contributed by atoms with E-state index in [4.69, 9.17) is 5.73 Å². The molecule has 0 spiro atoms. The zero-order chi connectivity index (χ0) is 10.5. The molecule has 0 aromatic rings. The van der Waals surface area contributed by atoms with Gasteiger partial charge in [-0.2, -0.15) is 26.3 Å². The molecular formula is C6H7F6N. The molecule has 0 aliphatic heterocycles. The van der Waals surface area contributed by atoms with Crippen molar-refractivity contribution in [3.63, 3.8) is 0 Å². The second-order valence-corrected chi connectivity index (χ2v) is 3.25. The zero-order valence-electron chi connectivity index (χ0n) is 6.34. The highest BCUT2D eigenvalue weighted by molar-refractivity contribution is 5.05. The van der Waals surface area contributed by atoms with Crippen LogP contribution in [0.25, 0.3) is 0 Å². The van der Waals surface area contributed by atoms with E-state index >= 15 is 0 Å². The largest absolute Gasteiger partial charge is 0.403 e. The standard InChI is InChI=1S/C6H7F6N/c7-5(8,9)4(6(10,11)12)1-3(13)2-4/h3H,1-2,13H2. The van der Waals surface area contributed by atoms with Crippen LogP contribution in [0.5, 0.6) is 0 Å². The Balaban J connectivity index is 2.93. The first-order chi connectivity index (χ1) is 5.60. The fourth-order valence-corrected chi connectivity index (χ4v) is 1.46. The number of hydrogen-bond acceptors (Lipinski definition) is 1. The van der Waals surface area contributed by atoms with Crippen molar-refractivity contribution in [3.8, 4) is 0 Å². The molecule has 1 nitrogen and oxygen atoms in total. The van der Waals surface area contributed by atoms with Crippen molar-refractivity contribution in [3.05, 3.63) is 0 Å². The zero-order valence-corrected chi connectivity index (χ0v) is 6.34. The summed E-state index contributed by atoms with van der Waals surface area (Å²) in [5.74, 6) is 0. The normalized spacial score (nSPS) is 24.2. The predicted molar refractivity (Wildman–Crippen MR) is 31.8 cm³/mol. The molecule has 0 saturated heterocycles. The Kier molecular flexibility index (Phi) is 2.06. The van der Waals surface area contributed by atoms with Gasteiger partial charge in [0.2, 0.25) is 0 Å². The van der Waals surface area contributed by atoms with Crippen LogP contribution in [0.2, 0.25) is 0 Å². The summed E-state index contributed by atoms with van der Waals surface area (Å²) in [7, 11) is 0. The van der Waals surface area contributed by atoms with Crippen molar-refractivity contribution in [2.75, 3.05) is 0 Å². The van der Waals surface area contributed by atoms with Gasteiger partial charge in [-0.05, 0) is 12.8 Å². The number of nitrogens with two attached hydrogens (primary N) is 1. The van der Waals surface area contributed by atoms with E-state index in [1.807, 2.05) is 0 Å². The number of hydrogen-bond donors (Lipinski definition) is 1. The van der Waals surface area contributed by atoms with E-state index < -0.39 is 36.7 Å². The van der Waals surface area contributed by atoms with Crippen LogP contribution in [0.3, 0.4) is 0 Å². The van der Waals surface area contributed by atoms with Crippen LogP contribution in [0.1, 0.15) is 12.8 Å². The highest BCUT2D eigenvalue weighted by Gasteiger charge is 2.74. The van der Waals surface area contributed by atoms with Gasteiger partial charge in [0.05, 0.1) is 0 Å². The minimum absolute atomic E-state index is 0.997. The molecule has 0 unspecified atom stereocenters. The molecule has 0 aromatic carbocycles. The molecule has 0 aromatic heterocycles. The minimum Gasteiger partial charge on any atom is -0.328 e. The van der Waals surface area contributed by atoms with Gasteiger partial charge in [0.1, 0.15) is 0 Å². The Labute approximate surface area is 69.9 Å². The third-order valence-electron chi connectivity index (χ3n) is 2.31. The molecule has 1 aliphatic carbocycles. The number of rotatable bonds is 0. The van der Waals surface area contributed by atoms with Crippen LogP contribution in [-0.4, -0.2) is 18.4 Å². The molecule has 7 heteroatoms. The van der Waals surface area contributed by atoms with Gasteiger partial charge in [-0.1, -0.05) is 0 Å². The molecule has 1 saturated carbocycles. The van der Waals surface area contributed by atoms with Crippen molar-refractivity contribution in [1.29, 1.82) is 0 Å². The highest BCUT2D eigenvalue weighted by atomic mass is 19.4. The first kappa shape index (κ1) is 10.6. The van der Waals surface area contributed by atoms with Crippen molar-refractivity contribution in [1.82, 2.24) is 0 Å². The minimum atomic E-state index is -5.25. The summed E-state index contributed by atoms with van der Waals surface area (Å²) in [4.78, 5) is 0. The van der Waals surface area contributed by atoms with Gasteiger partial charge in [-0.25, -0.2) is 0 Å². The van der Waals surface area contributed by atoms with Crippen LogP contribution < -0.4 is 5.73 Å². The van der Waals surface area contributed by atoms with Crippen molar-refractivity contribution in [2.45, 2.75) is 31.2 Å². The molecule has 0 radical (unpaired) electrons. The SMILES string of the molecule is NC1CC(C(F)(F)F)(C(F)(F)F)C1. The molecule has 1 rings (SSSR count). The second kappa shape index (κ2) is 2.52. The van der Waals surface area contributed by atoms with Crippen LogP contribution in [0.15, 0.2) is 0 Å². The summed E-state index contributed by atoms with van der Waals surface area (Å²) >= 11 is 0. The summed E-state index contributed by atoms with van der Waals surface area (Å²) in [6, 6.07) is -0.997. The molecule has 0 amide bonds. The van der Waals surface area contributed by atoms with Gasteiger partial charge < -0.3 is 5.73 Å². The lowest BCUT2D eigenvalue weighted by Crippen LogP contribution is -2.62. The van der Waals surface area contributed by atoms with Crippen molar-refractivity contribution in [2.24, 2.45) is 11.1 Å². The van der Waals surface area contributed by atoms with Crippen LogP contribution in [0, 0.1) is 5.41 Å². The molecule has 0 heterocycles. The van der Waals surface area contributed by atoms with E-state index in [1.165, 1.54) is 0 Å². The molecule has 2 N–H and O–H groups in total. The van der Waals surface area contributed by atoms with Crippen LogP contribution in [-0.2, 0) is 0 Å². The summed E-state index contributed by atoms with van der Waals surface area (Å²) in [5, 5.41) is 0. The third kappa shape index (κ3) is 1.38. The Morgan fingerprint density at radius 2 is 1.23 bits per heavy atom. The maximum Gasteiger partial charge on any atom is 0.403 e. The predicted octanol–water partition coefficient (Wildman–Crippen LogP) is 2.22. The summed E-state index contributed by atoms with van der Waals surface area (Å²) < 4.78 is 72.3. The van der Waals surface area contributed by atoms with E-state index in [-0.39, 0.29) is 0 Å². The number of halogens is 6. The maximum atomic E-state index is 12.0. The van der Waals surface area contributed by atoms with Gasteiger partial charge >= 0.3 is 12.4 Å². The first-order valence-electron chi connectivity index (χ1n) is 3.49. The van der Waals surface area contributed by atoms with Gasteiger partial charge in [0, 0.05) is 6.04 Å². The number of alkyl halides is 6. The van der Waals surface area contributed by atoms with Gasteiger partial charge in [-0.3, -0.25) is 0 Å². The van der Waals surface area contributed by atoms with Crippen LogP contribution in [0.4, 0.5) is 26.3 Å². The maximum absolute atomic E-state index is 12.0. The molecule has 13 heavy (non-hydrogen) atoms. The lowest BCUT2D eigenvalue weighted by Gasteiger charge is -2.47. The highest BCUT2D eigenvalue weighted by Crippen LogP contribution is 2.61. The van der Waals surface area contributed by atoms with E-state index in [0.717, 1.165) is 0 Å². The fourth-order valence-electron chi connectivity index (χ4n) is 1.46. The average molecular weight is 207 g/mol. The molecule has 1 fully saturated rings. The van der Waals surface area contributed by atoms with Gasteiger partial charge in [0.25, 0.3) is 0 Å². The molecule has 0 bridgehead atoms. The molecule has 78 valence electrons. The lowest BCUT2D eigenvalue weighted by atomic mass is 9.64. The molecular weight excluding hydrogens is 200 g/mol. The second-order valence-electron chi connectivity index (χ2n) is 3.25. The first-order valence-corrected chi connectivity index (χ1v) is 3.49. The Morgan fingerprint density at radius 1 is 0.923 bits per heavy atom. The van der Waals surface area contributed by atoms with E-state index in [0.29, 0.717) is 0 Å². The van der Waals surface area contributed by atoms with Gasteiger partial charge in [-0.15, -0.1) is 0 Å². The smallest absolute Gasteiger partial charge is 0.328 e. The Bertz CT molecular complexity index is 182. The summed E-state index contributed by atoms with van der Waals surface area (Å²) in [6.45, 7) is 0. The van der Waals surface area contributed by atoms with E-state index in [2.05, 4.69) is 0 Å². The monoisotopic (exact) mass is 207 g/mol. The Hall–Kier alpha value is -0.460. The van der Waals surface area contributed by atoms with Gasteiger partial charge in [0.15, 0.2) is 5.41 Å². The summed E-state index contributed by atoms with van der Waals surface area (Å²) in [6.07, 6.45) is -12.6. The fraction of sp³-hybridized carbons (Fsp3) is 1.00. The third-order valence-corrected chi connectivity index (χ3v) is 2.31. The Morgan fingerprint density at radius 3 is 1.31 bits per heavy atom. The van der Waals surface area contributed by atoms with E-state index in [1.54, 1.807) is 0 Å². The van der Waals surface area contributed by atoms with Crippen LogP contribution >= 0.6 is 0 Å². The summed E-state index contributed by atoms with van der Waals surface area (Å²) in [5.41, 5.74) is 1.39. The molecule has 0 atom stereocenters. The quantitative estimate of drug-likeness (QED) is 0.605. The lowest BCUT2D eigenvalue weighted by molar-refractivity contribution is -0.368. The topological polar surface area (TPSA) is 26.0 Å². The van der Waals surface area contributed by atoms with Crippen molar-refractivity contribution < 1.29 is 26.3 Å².